The van der Waals surface area contributed by atoms with Gasteiger partial charge in [0.05, 0.1) is 6.61 Å². The molecular weight excluding hydrogens is 350 g/mol. The first-order chi connectivity index (χ1) is 13.0. The minimum Gasteiger partial charge on any atom is -0.503 e. The fourth-order valence-corrected chi connectivity index (χ4v) is 3.17. The van der Waals surface area contributed by atoms with Crippen LogP contribution < -0.4 is 15.8 Å². The molecule has 2 aromatic rings. The van der Waals surface area contributed by atoms with Crippen LogP contribution in [-0.4, -0.2) is 45.8 Å². The first-order valence-electron chi connectivity index (χ1n) is 8.60. The Morgan fingerprint density at radius 2 is 1.89 bits per heavy atom. The van der Waals surface area contributed by atoms with Gasteiger partial charge in [0, 0.05) is 25.1 Å². The zero-order chi connectivity index (χ0) is 19.4. The SMILES string of the molecule is NCCCOc1ccnc(C(=O)NC2(C(=O)O)Cc3ccccc3C2)c1O. The Kier molecular flexibility index (Phi) is 5.27. The number of hydrogen-bond acceptors (Lipinski definition) is 6. The molecule has 0 saturated carbocycles. The smallest absolute Gasteiger partial charge is 0.330 e. The first-order valence-corrected chi connectivity index (χ1v) is 8.60. The fraction of sp³-hybridized carbons (Fsp3) is 0.316. The normalized spacial score (nSPS) is 14.4. The maximum Gasteiger partial charge on any atom is 0.330 e. The Bertz CT molecular complexity index is 843. The average molecular weight is 371 g/mol. The summed E-state index contributed by atoms with van der Waals surface area (Å²) in [6, 6.07) is 8.77. The van der Waals surface area contributed by atoms with Gasteiger partial charge < -0.3 is 26.0 Å². The molecule has 8 heteroatoms. The van der Waals surface area contributed by atoms with Crippen LogP contribution in [0.15, 0.2) is 36.5 Å². The van der Waals surface area contributed by atoms with E-state index in [1.54, 1.807) is 0 Å². The van der Waals surface area contributed by atoms with E-state index in [9.17, 15) is 19.8 Å². The highest BCUT2D eigenvalue weighted by molar-refractivity contribution is 5.99. The predicted octanol–water partition coefficient (Wildman–Crippen LogP) is 0.867. The van der Waals surface area contributed by atoms with Gasteiger partial charge in [-0.15, -0.1) is 0 Å². The van der Waals surface area contributed by atoms with Crippen molar-refractivity contribution < 1.29 is 24.5 Å². The van der Waals surface area contributed by atoms with Crippen molar-refractivity contribution in [2.75, 3.05) is 13.2 Å². The number of hydrogen-bond donors (Lipinski definition) is 4. The van der Waals surface area contributed by atoms with Crippen molar-refractivity contribution in [1.29, 1.82) is 0 Å². The number of aliphatic carboxylic acids is 1. The molecule has 0 unspecified atom stereocenters. The minimum absolute atomic E-state index is 0.0997. The average Bonchev–Trinajstić information content (AvgIpc) is 3.02. The number of ether oxygens (including phenoxy) is 1. The minimum atomic E-state index is -1.48. The van der Waals surface area contributed by atoms with Crippen LogP contribution in [0, 0.1) is 0 Å². The van der Waals surface area contributed by atoms with E-state index in [2.05, 4.69) is 10.3 Å². The van der Waals surface area contributed by atoms with Crippen molar-refractivity contribution in [1.82, 2.24) is 10.3 Å². The summed E-state index contributed by atoms with van der Waals surface area (Å²) < 4.78 is 5.39. The third kappa shape index (κ3) is 3.70. The van der Waals surface area contributed by atoms with Crippen molar-refractivity contribution in [3.05, 3.63) is 53.3 Å². The number of pyridine rings is 1. The topological polar surface area (TPSA) is 135 Å². The van der Waals surface area contributed by atoms with E-state index in [-0.39, 0.29) is 30.9 Å². The molecule has 1 aromatic heterocycles. The molecule has 142 valence electrons. The van der Waals surface area contributed by atoms with Gasteiger partial charge in [-0.05, 0) is 24.1 Å². The molecule has 1 aromatic carbocycles. The number of carbonyl (C=O) groups excluding carboxylic acids is 1. The summed E-state index contributed by atoms with van der Waals surface area (Å²) in [6.45, 7) is 0.713. The zero-order valence-corrected chi connectivity index (χ0v) is 14.6. The van der Waals surface area contributed by atoms with Gasteiger partial charge in [0.2, 0.25) is 0 Å². The number of nitrogens with zero attached hydrogens (tertiary/aromatic N) is 1. The summed E-state index contributed by atoms with van der Waals surface area (Å²) in [5, 5.41) is 22.6. The Labute approximate surface area is 156 Å². The zero-order valence-electron chi connectivity index (χ0n) is 14.6. The third-order valence-electron chi connectivity index (χ3n) is 4.57. The quantitative estimate of drug-likeness (QED) is 0.530. The first kappa shape index (κ1) is 18.7. The summed E-state index contributed by atoms with van der Waals surface area (Å²) in [4.78, 5) is 28.5. The number of rotatable bonds is 7. The number of nitrogens with two attached hydrogens (primary N) is 1. The Morgan fingerprint density at radius 1 is 1.22 bits per heavy atom. The van der Waals surface area contributed by atoms with E-state index < -0.39 is 23.2 Å². The number of fused-ring (bicyclic) bond motifs is 1. The maximum absolute atomic E-state index is 12.7. The number of amides is 1. The lowest BCUT2D eigenvalue weighted by atomic mass is 9.95. The molecule has 0 aliphatic heterocycles. The van der Waals surface area contributed by atoms with Crippen LogP contribution in [-0.2, 0) is 17.6 Å². The predicted molar refractivity (Wildman–Crippen MR) is 96.8 cm³/mol. The fourth-order valence-electron chi connectivity index (χ4n) is 3.17. The van der Waals surface area contributed by atoms with Crippen LogP contribution in [0.4, 0.5) is 0 Å². The van der Waals surface area contributed by atoms with Gasteiger partial charge in [0.15, 0.2) is 17.2 Å². The van der Waals surface area contributed by atoms with Crippen LogP contribution in [0.5, 0.6) is 11.5 Å². The molecule has 1 aliphatic carbocycles. The van der Waals surface area contributed by atoms with Crippen molar-refractivity contribution in [2.45, 2.75) is 24.8 Å². The van der Waals surface area contributed by atoms with Crippen molar-refractivity contribution in [3.8, 4) is 11.5 Å². The molecule has 5 N–H and O–H groups in total. The summed E-state index contributed by atoms with van der Waals surface area (Å²) >= 11 is 0. The largest absolute Gasteiger partial charge is 0.503 e. The summed E-state index contributed by atoms with van der Waals surface area (Å²) in [5.74, 6) is -2.24. The highest BCUT2D eigenvalue weighted by Gasteiger charge is 2.45. The van der Waals surface area contributed by atoms with Crippen LogP contribution in [0.2, 0.25) is 0 Å². The van der Waals surface area contributed by atoms with E-state index in [4.69, 9.17) is 10.5 Å². The van der Waals surface area contributed by atoms with Gasteiger partial charge in [-0.25, -0.2) is 9.78 Å². The van der Waals surface area contributed by atoms with Crippen LogP contribution >= 0.6 is 0 Å². The third-order valence-corrected chi connectivity index (χ3v) is 4.57. The number of nitrogens with one attached hydrogen (secondary N) is 1. The van der Waals surface area contributed by atoms with Gasteiger partial charge in [-0.1, -0.05) is 24.3 Å². The second-order valence-electron chi connectivity index (χ2n) is 6.46. The molecule has 8 nitrogen and oxygen atoms in total. The van der Waals surface area contributed by atoms with Crippen molar-refractivity contribution in [2.24, 2.45) is 5.73 Å². The molecule has 0 atom stereocenters. The molecule has 0 radical (unpaired) electrons. The molecule has 0 spiro atoms. The van der Waals surface area contributed by atoms with E-state index in [1.165, 1.54) is 12.3 Å². The standard InChI is InChI=1S/C19H21N3O5/c20-7-3-9-27-14-6-8-21-15(16(14)23)17(24)22-19(18(25)26)10-12-4-1-2-5-13(12)11-19/h1-2,4-6,8,23H,3,7,9-11,20H2,(H,22,24)(H,25,26). The van der Waals surface area contributed by atoms with E-state index in [0.29, 0.717) is 13.0 Å². The molecule has 0 saturated heterocycles. The lowest BCUT2D eigenvalue weighted by Crippen LogP contribution is -2.55. The summed E-state index contributed by atoms with van der Waals surface area (Å²) in [7, 11) is 0. The van der Waals surface area contributed by atoms with E-state index in [0.717, 1.165) is 11.1 Å². The van der Waals surface area contributed by atoms with Gasteiger partial charge >= 0.3 is 5.97 Å². The Balaban J connectivity index is 1.82. The highest BCUT2D eigenvalue weighted by Crippen LogP contribution is 2.32. The monoisotopic (exact) mass is 371 g/mol. The number of aromatic nitrogens is 1. The van der Waals surface area contributed by atoms with Gasteiger partial charge in [0.1, 0.15) is 5.54 Å². The number of carboxylic acid groups (broad SMARTS) is 1. The van der Waals surface area contributed by atoms with Gasteiger partial charge in [0.25, 0.3) is 5.91 Å². The van der Waals surface area contributed by atoms with Crippen LogP contribution in [0.25, 0.3) is 0 Å². The molecular formula is C19H21N3O5. The number of carbonyl (C=O) groups is 2. The van der Waals surface area contributed by atoms with Crippen LogP contribution in [0.3, 0.4) is 0 Å². The highest BCUT2D eigenvalue weighted by atomic mass is 16.5. The summed E-state index contributed by atoms with van der Waals surface area (Å²) in [5.41, 5.74) is 5.39. The van der Waals surface area contributed by atoms with Crippen LogP contribution in [0.1, 0.15) is 28.0 Å². The molecule has 27 heavy (non-hydrogen) atoms. The lowest BCUT2D eigenvalue weighted by Gasteiger charge is -2.25. The molecule has 0 bridgehead atoms. The molecule has 1 amide bonds. The number of aromatic hydroxyl groups is 1. The molecule has 3 rings (SSSR count). The Hall–Kier alpha value is -3.13. The second kappa shape index (κ2) is 7.63. The molecule has 1 heterocycles. The van der Waals surface area contributed by atoms with E-state index >= 15 is 0 Å². The van der Waals surface area contributed by atoms with Crippen molar-refractivity contribution in [3.63, 3.8) is 0 Å². The summed E-state index contributed by atoms with van der Waals surface area (Å²) in [6.07, 6.45) is 2.24. The lowest BCUT2D eigenvalue weighted by molar-refractivity contribution is -0.144. The Morgan fingerprint density at radius 3 is 2.48 bits per heavy atom. The van der Waals surface area contributed by atoms with Crippen molar-refractivity contribution >= 4 is 11.9 Å². The maximum atomic E-state index is 12.7. The number of benzene rings is 1. The molecule has 0 fully saturated rings. The van der Waals surface area contributed by atoms with Gasteiger partial charge in [-0.2, -0.15) is 0 Å². The van der Waals surface area contributed by atoms with Gasteiger partial charge in [-0.3, -0.25) is 4.79 Å². The second-order valence-corrected chi connectivity index (χ2v) is 6.46. The van der Waals surface area contributed by atoms with E-state index in [1.807, 2.05) is 24.3 Å². The number of carboxylic acids is 1. The molecule has 1 aliphatic rings.